The number of nitrogens with two attached hydrogens (primary N) is 1. The van der Waals surface area contributed by atoms with Crippen LogP contribution in [-0.2, 0) is 4.74 Å². The topological polar surface area (TPSA) is 58.8 Å². The molecule has 5 heteroatoms. The average Bonchev–Trinajstić information content (AvgIpc) is 2.97. The summed E-state index contributed by atoms with van der Waals surface area (Å²) in [7, 11) is 3.40. The summed E-state index contributed by atoms with van der Waals surface area (Å²) in [6.07, 6.45) is 2.61. The minimum Gasteiger partial charge on any atom is -0.465 e. The first-order chi connectivity index (χ1) is 9.61. The van der Waals surface area contributed by atoms with Crippen LogP contribution >= 0.6 is 0 Å². The lowest BCUT2D eigenvalue weighted by molar-refractivity contribution is 0.0602. The van der Waals surface area contributed by atoms with Gasteiger partial charge in [-0.3, -0.25) is 0 Å². The molecule has 1 saturated heterocycles. The third kappa shape index (κ3) is 3.42. The smallest absolute Gasteiger partial charge is 0.340 e. The number of hydrogen-bond donors (Lipinski definition) is 1. The molecule has 2 N–H and O–H groups in total. The number of ether oxygens (including phenoxy) is 1. The number of carbonyl (C=O) groups excluding carboxylic acids is 1. The number of rotatable bonds is 5. The lowest BCUT2D eigenvalue weighted by atomic mass is 10.1. The Bertz CT molecular complexity index is 470. The first kappa shape index (κ1) is 14.7. The van der Waals surface area contributed by atoms with Crippen molar-refractivity contribution in [3.63, 3.8) is 0 Å². The van der Waals surface area contributed by atoms with Gasteiger partial charge in [-0.15, -0.1) is 0 Å². The lowest BCUT2D eigenvalue weighted by Crippen LogP contribution is -2.31. The van der Waals surface area contributed by atoms with Crippen molar-refractivity contribution >= 4 is 17.3 Å². The van der Waals surface area contributed by atoms with Gasteiger partial charge in [0.15, 0.2) is 0 Å². The number of hydrogen-bond acceptors (Lipinski definition) is 5. The van der Waals surface area contributed by atoms with Gasteiger partial charge in [0.1, 0.15) is 0 Å². The van der Waals surface area contributed by atoms with Crippen LogP contribution < -0.4 is 10.6 Å². The van der Waals surface area contributed by atoms with Crippen LogP contribution in [0.4, 0.5) is 11.4 Å². The second-order valence-electron chi connectivity index (χ2n) is 5.23. The van der Waals surface area contributed by atoms with E-state index in [4.69, 9.17) is 10.5 Å². The van der Waals surface area contributed by atoms with Gasteiger partial charge in [0, 0.05) is 31.5 Å². The van der Waals surface area contributed by atoms with E-state index in [9.17, 15) is 4.79 Å². The van der Waals surface area contributed by atoms with E-state index in [0.717, 1.165) is 18.8 Å². The molecule has 1 aliphatic heterocycles. The molecule has 1 aromatic rings. The number of nitrogen functional groups attached to an aromatic ring is 1. The Morgan fingerprint density at radius 3 is 2.75 bits per heavy atom. The molecule has 0 radical (unpaired) electrons. The summed E-state index contributed by atoms with van der Waals surface area (Å²) in [5.74, 6) is -0.391. The third-order valence-corrected chi connectivity index (χ3v) is 3.83. The van der Waals surface area contributed by atoms with Crippen molar-refractivity contribution in [1.29, 1.82) is 0 Å². The number of likely N-dealkylation sites (tertiary alicyclic amines) is 1. The molecular formula is C15H23N3O2. The lowest BCUT2D eigenvalue weighted by Gasteiger charge is -2.23. The first-order valence-corrected chi connectivity index (χ1v) is 7.03. The van der Waals surface area contributed by atoms with E-state index in [0.29, 0.717) is 11.3 Å². The third-order valence-electron chi connectivity index (χ3n) is 3.83. The van der Waals surface area contributed by atoms with Crippen molar-refractivity contribution in [2.24, 2.45) is 0 Å². The van der Waals surface area contributed by atoms with E-state index in [-0.39, 0.29) is 0 Å². The van der Waals surface area contributed by atoms with Crippen LogP contribution in [0.2, 0.25) is 0 Å². The molecule has 0 saturated carbocycles. The maximum absolute atomic E-state index is 11.6. The molecule has 0 amide bonds. The first-order valence-electron chi connectivity index (χ1n) is 7.03. The van der Waals surface area contributed by atoms with E-state index in [1.165, 1.54) is 33.0 Å². The van der Waals surface area contributed by atoms with Crippen molar-refractivity contribution < 1.29 is 9.53 Å². The zero-order valence-corrected chi connectivity index (χ0v) is 12.3. The Morgan fingerprint density at radius 2 is 2.10 bits per heavy atom. The number of nitrogens with zero attached hydrogens (tertiary/aromatic N) is 2. The largest absolute Gasteiger partial charge is 0.465 e. The highest BCUT2D eigenvalue weighted by molar-refractivity contribution is 5.96. The summed E-state index contributed by atoms with van der Waals surface area (Å²) in [4.78, 5) is 16.3. The van der Waals surface area contributed by atoms with E-state index < -0.39 is 5.97 Å². The number of esters is 1. The highest BCUT2D eigenvalue weighted by atomic mass is 16.5. The standard InChI is InChI=1S/C15H23N3O2/c1-17(9-10-18-7-3-4-8-18)12-5-6-14(16)13(11-12)15(19)20-2/h5-6,11H,3-4,7-10,16H2,1-2H3. The van der Waals surface area contributed by atoms with Crippen LogP contribution in [0.3, 0.4) is 0 Å². The Hall–Kier alpha value is -1.75. The summed E-state index contributed by atoms with van der Waals surface area (Å²) in [6.45, 7) is 4.38. The summed E-state index contributed by atoms with van der Waals surface area (Å²) in [6, 6.07) is 5.49. The quantitative estimate of drug-likeness (QED) is 0.654. The Labute approximate surface area is 120 Å². The maximum atomic E-state index is 11.6. The monoisotopic (exact) mass is 277 g/mol. The molecule has 1 aromatic carbocycles. The maximum Gasteiger partial charge on any atom is 0.340 e. The summed E-state index contributed by atoms with van der Waals surface area (Å²) < 4.78 is 4.75. The normalized spacial score (nSPS) is 15.3. The van der Waals surface area contributed by atoms with Gasteiger partial charge in [0.05, 0.1) is 12.7 Å². The minimum atomic E-state index is -0.391. The predicted octanol–water partition coefficient (Wildman–Crippen LogP) is 1.59. The summed E-state index contributed by atoms with van der Waals surface area (Å²) in [5.41, 5.74) is 7.68. The summed E-state index contributed by atoms with van der Waals surface area (Å²) in [5, 5.41) is 0. The number of likely N-dealkylation sites (N-methyl/N-ethyl adjacent to an activating group) is 1. The van der Waals surface area contributed by atoms with Gasteiger partial charge in [-0.1, -0.05) is 0 Å². The molecule has 2 rings (SSSR count). The molecule has 0 bridgehead atoms. The molecule has 0 aliphatic carbocycles. The van der Waals surface area contributed by atoms with Gasteiger partial charge in [-0.25, -0.2) is 4.79 Å². The molecule has 110 valence electrons. The van der Waals surface area contributed by atoms with Crippen LogP contribution in [-0.4, -0.2) is 51.2 Å². The van der Waals surface area contributed by atoms with E-state index in [1.54, 1.807) is 12.1 Å². The Morgan fingerprint density at radius 1 is 1.40 bits per heavy atom. The van der Waals surface area contributed by atoms with Crippen molar-refractivity contribution in [3.8, 4) is 0 Å². The Balaban J connectivity index is 2.01. The van der Waals surface area contributed by atoms with Gasteiger partial charge in [-0.05, 0) is 44.1 Å². The van der Waals surface area contributed by atoms with Crippen molar-refractivity contribution in [2.75, 3.05) is 51.0 Å². The van der Waals surface area contributed by atoms with Crippen LogP contribution in [0.25, 0.3) is 0 Å². The molecule has 5 nitrogen and oxygen atoms in total. The highest BCUT2D eigenvalue weighted by Crippen LogP contribution is 2.21. The SMILES string of the molecule is COC(=O)c1cc(N(C)CCN2CCCC2)ccc1N. The zero-order valence-electron chi connectivity index (χ0n) is 12.3. The number of anilines is 2. The Kier molecular flexibility index (Phi) is 4.84. The van der Waals surface area contributed by atoms with Crippen LogP contribution in [0.15, 0.2) is 18.2 Å². The number of carbonyl (C=O) groups is 1. The highest BCUT2D eigenvalue weighted by Gasteiger charge is 2.14. The van der Waals surface area contributed by atoms with Gasteiger partial charge >= 0.3 is 5.97 Å². The van der Waals surface area contributed by atoms with Crippen LogP contribution in [0.1, 0.15) is 23.2 Å². The van der Waals surface area contributed by atoms with Crippen LogP contribution in [0, 0.1) is 0 Å². The van der Waals surface area contributed by atoms with E-state index in [2.05, 4.69) is 9.80 Å². The van der Waals surface area contributed by atoms with Crippen molar-refractivity contribution in [1.82, 2.24) is 4.90 Å². The van der Waals surface area contributed by atoms with E-state index in [1.807, 2.05) is 13.1 Å². The van der Waals surface area contributed by atoms with Crippen molar-refractivity contribution in [3.05, 3.63) is 23.8 Å². The van der Waals surface area contributed by atoms with Gasteiger partial charge in [0.25, 0.3) is 0 Å². The molecular weight excluding hydrogens is 254 g/mol. The summed E-state index contributed by atoms with van der Waals surface area (Å²) >= 11 is 0. The molecule has 0 spiro atoms. The number of benzene rings is 1. The fraction of sp³-hybridized carbons (Fsp3) is 0.533. The fourth-order valence-corrected chi connectivity index (χ4v) is 2.50. The fourth-order valence-electron chi connectivity index (χ4n) is 2.50. The minimum absolute atomic E-state index is 0.391. The van der Waals surface area contributed by atoms with E-state index >= 15 is 0 Å². The molecule has 0 atom stereocenters. The average molecular weight is 277 g/mol. The van der Waals surface area contributed by atoms with Gasteiger partial charge < -0.3 is 20.3 Å². The second-order valence-corrected chi connectivity index (χ2v) is 5.23. The molecule has 0 unspecified atom stereocenters. The predicted molar refractivity (Wildman–Crippen MR) is 81.1 cm³/mol. The number of methoxy groups -OCH3 is 1. The van der Waals surface area contributed by atoms with Crippen LogP contribution in [0.5, 0.6) is 0 Å². The zero-order chi connectivity index (χ0) is 14.5. The molecule has 1 aliphatic rings. The second kappa shape index (κ2) is 6.61. The molecule has 0 aromatic heterocycles. The van der Waals surface area contributed by atoms with Crippen molar-refractivity contribution in [2.45, 2.75) is 12.8 Å². The molecule has 20 heavy (non-hydrogen) atoms. The van der Waals surface area contributed by atoms with Gasteiger partial charge in [0.2, 0.25) is 0 Å². The molecule has 1 heterocycles. The molecule has 1 fully saturated rings. The van der Waals surface area contributed by atoms with Gasteiger partial charge in [-0.2, -0.15) is 0 Å².